The molecule has 0 bridgehead atoms. The van der Waals surface area contributed by atoms with Crippen LogP contribution in [0.15, 0.2) is 23.1 Å². The standard InChI is InChI=1S/C9H12Cl2N2O2S/c1-12-4-5-13-16(14,15)7-2-3-8(10)9(11)6-7/h2-3,6,12-13H,4-5H2,1H3. The second-order valence-electron chi connectivity index (χ2n) is 3.08. The van der Waals surface area contributed by atoms with Gasteiger partial charge in [-0.15, -0.1) is 0 Å². The van der Waals surface area contributed by atoms with Crippen LogP contribution in [-0.2, 0) is 10.0 Å². The Kier molecular flexibility index (Phi) is 5.01. The van der Waals surface area contributed by atoms with Crippen LogP contribution in [0.25, 0.3) is 0 Å². The van der Waals surface area contributed by atoms with Crippen molar-refractivity contribution in [2.45, 2.75) is 4.90 Å². The molecule has 0 spiro atoms. The highest BCUT2D eigenvalue weighted by molar-refractivity contribution is 7.89. The molecule has 0 radical (unpaired) electrons. The summed E-state index contributed by atoms with van der Waals surface area (Å²) < 4.78 is 25.9. The van der Waals surface area contributed by atoms with Gasteiger partial charge in [0.2, 0.25) is 10.0 Å². The second-order valence-corrected chi connectivity index (χ2v) is 5.66. The summed E-state index contributed by atoms with van der Waals surface area (Å²) in [4.78, 5) is 0.109. The zero-order valence-electron chi connectivity index (χ0n) is 8.63. The lowest BCUT2D eigenvalue weighted by atomic mass is 10.4. The van der Waals surface area contributed by atoms with E-state index in [0.717, 1.165) is 0 Å². The van der Waals surface area contributed by atoms with Gasteiger partial charge in [-0.3, -0.25) is 0 Å². The van der Waals surface area contributed by atoms with E-state index in [-0.39, 0.29) is 9.92 Å². The Hall–Kier alpha value is -0.330. The van der Waals surface area contributed by atoms with Crippen LogP contribution in [0.5, 0.6) is 0 Å². The fraction of sp³-hybridized carbons (Fsp3) is 0.333. The summed E-state index contributed by atoms with van der Waals surface area (Å²) in [5, 5.41) is 3.39. The summed E-state index contributed by atoms with van der Waals surface area (Å²) in [6.45, 7) is 0.875. The zero-order chi connectivity index (χ0) is 12.2. The van der Waals surface area contributed by atoms with Gasteiger partial charge in [-0.25, -0.2) is 13.1 Å². The van der Waals surface area contributed by atoms with E-state index in [4.69, 9.17) is 23.2 Å². The minimum Gasteiger partial charge on any atom is -0.318 e. The summed E-state index contributed by atoms with van der Waals surface area (Å²) in [6, 6.07) is 4.19. The molecule has 0 saturated heterocycles. The zero-order valence-corrected chi connectivity index (χ0v) is 11.0. The second kappa shape index (κ2) is 5.84. The molecule has 0 atom stereocenters. The first-order valence-corrected chi connectivity index (χ1v) is 6.80. The predicted octanol–water partition coefficient (Wildman–Crippen LogP) is 1.49. The Morgan fingerprint density at radius 2 is 1.88 bits per heavy atom. The van der Waals surface area contributed by atoms with Crippen LogP contribution in [0.2, 0.25) is 10.0 Å². The molecule has 4 nitrogen and oxygen atoms in total. The Morgan fingerprint density at radius 1 is 1.19 bits per heavy atom. The van der Waals surface area contributed by atoms with Gasteiger partial charge in [0.05, 0.1) is 14.9 Å². The number of hydrogen-bond donors (Lipinski definition) is 2. The lowest BCUT2D eigenvalue weighted by Crippen LogP contribution is -2.30. The molecule has 0 aromatic heterocycles. The Labute approximate surface area is 105 Å². The van der Waals surface area contributed by atoms with Gasteiger partial charge in [0.15, 0.2) is 0 Å². The van der Waals surface area contributed by atoms with E-state index in [9.17, 15) is 8.42 Å². The van der Waals surface area contributed by atoms with Gasteiger partial charge in [-0.2, -0.15) is 0 Å². The van der Waals surface area contributed by atoms with Crippen LogP contribution in [0, 0.1) is 0 Å². The number of benzene rings is 1. The summed E-state index contributed by atoms with van der Waals surface area (Å²) in [6.07, 6.45) is 0. The number of hydrogen-bond acceptors (Lipinski definition) is 3. The molecule has 0 aliphatic heterocycles. The molecule has 0 aliphatic carbocycles. The third-order valence-electron chi connectivity index (χ3n) is 1.87. The minimum atomic E-state index is -3.50. The van der Waals surface area contributed by atoms with Crippen molar-refractivity contribution < 1.29 is 8.42 Å². The molecule has 1 aromatic rings. The molecule has 0 fully saturated rings. The molecule has 0 amide bonds. The van der Waals surface area contributed by atoms with Crippen molar-refractivity contribution in [1.29, 1.82) is 0 Å². The predicted molar refractivity (Wildman–Crippen MR) is 65.6 cm³/mol. The van der Waals surface area contributed by atoms with Crippen molar-refractivity contribution in [3.63, 3.8) is 0 Å². The highest BCUT2D eigenvalue weighted by atomic mass is 35.5. The lowest BCUT2D eigenvalue weighted by Gasteiger charge is -2.07. The topological polar surface area (TPSA) is 58.2 Å². The molecule has 0 saturated carbocycles. The van der Waals surface area contributed by atoms with Crippen molar-refractivity contribution in [2.75, 3.05) is 20.1 Å². The molecular weight excluding hydrogens is 271 g/mol. The van der Waals surface area contributed by atoms with Crippen molar-refractivity contribution in [3.05, 3.63) is 28.2 Å². The number of likely N-dealkylation sites (N-methyl/N-ethyl adjacent to an activating group) is 1. The summed E-state index contributed by atoms with van der Waals surface area (Å²) in [5.41, 5.74) is 0. The van der Waals surface area contributed by atoms with E-state index in [1.165, 1.54) is 18.2 Å². The fourth-order valence-corrected chi connectivity index (χ4v) is 2.46. The molecule has 0 heterocycles. The van der Waals surface area contributed by atoms with Gasteiger partial charge in [0, 0.05) is 13.1 Å². The quantitative estimate of drug-likeness (QED) is 0.805. The molecule has 2 N–H and O–H groups in total. The first-order chi connectivity index (χ1) is 7.47. The van der Waals surface area contributed by atoms with Gasteiger partial charge in [0.1, 0.15) is 0 Å². The van der Waals surface area contributed by atoms with Crippen LogP contribution < -0.4 is 10.0 Å². The maximum absolute atomic E-state index is 11.7. The number of halogens is 2. The number of sulfonamides is 1. The fourth-order valence-electron chi connectivity index (χ4n) is 1.04. The summed E-state index contributed by atoms with van der Waals surface area (Å²) >= 11 is 11.4. The van der Waals surface area contributed by atoms with Gasteiger partial charge in [-0.1, -0.05) is 23.2 Å². The van der Waals surface area contributed by atoms with E-state index in [0.29, 0.717) is 18.1 Å². The molecular formula is C9H12Cl2N2O2S. The van der Waals surface area contributed by atoms with Gasteiger partial charge < -0.3 is 5.32 Å². The van der Waals surface area contributed by atoms with Crippen LogP contribution in [0.4, 0.5) is 0 Å². The van der Waals surface area contributed by atoms with Crippen molar-refractivity contribution in [2.24, 2.45) is 0 Å². The van der Waals surface area contributed by atoms with Crippen LogP contribution in [0.3, 0.4) is 0 Å². The van der Waals surface area contributed by atoms with Crippen molar-refractivity contribution in [3.8, 4) is 0 Å². The largest absolute Gasteiger partial charge is 0.318 e. The van der Waals surface area contributed by atoms with E-state index < -0.39 is 10.0 Å². The smallest absolute Gasteiger partial charge is 0.240 e. The van der Waals surface area contributed by atoms with E-state index in [1.807, 2.05) is 0 Å². The summed E-state index contributed by atoms with van der Waals surface area (Å²) in [5.74, 6) is 0. The lowest BCUT2D eigenvalue weighted by molar-refractivity contribution is 0.579. The Balaban J connectivity index is 2.86. The third-order valence-corrected chi connectivity index (χ3v) is 4.07. The van der Waals surface area contributed by atoms with Gasteiger partial charge >= 0.3 is 0 Å². The van der Waals surface area contributed by atoms with Gasteiger partial charge in [0.25, 0.3) is 0 Å². The number of nitrogens with one attached hydrogen (secondary N) is 2. The molecule has 0 unspecified atom stereocenters. The molecule has 90 valence electrons. The first kappa shape index (κ1) is 13.7. The maximum Gasteiger partial charge on any atom is 0.240 e. The Morgan fingerprint density at radius 3 is 2.44 bits per heavy atom. The third kappa shape index (κ3) is 3.61. The Bertz CT molecular complexity index is 463. The van der Waals surface area contributed by atoms with E-state index in [2.05, 4.69) is 10.0 Å². The molecule has 1 rings (SSSR count). The number of rotatable bonds is 5. The summed E-state index contributed by atoms with van der Waals surface area (Å²) in [7, 11) is -1.76. The van der Waals surface area contributed by atoms with E-state index >= 15 is 0 Å². The molecule has 0 aliphatic rings. The van der Waals surface area contributed by atoms with Crippen LogP contribution in [0.1, 0.15) is 0 Å². The van der Waals surface area contributed by atoms with Crippen molar-refractivity contribution in [1.82, 2.24) is 10.0 Å². The highest BCUT2D eigenvalue weighted by Crippen LogP contribution is 2.24. The molecule has 16 heavy (non-hydrogen) atoms. The minimum absolute atomic E-state index is 0.109. The normalized spacial score (nSPS) is 11.7. The van der Waals surface area contributed by atoms with Gasteiger partial charge in [-0.05, 0) is 25.2 Å². The van der Waals surface area contributed by atoms with Crippen molar-refractivity contribution >= 4 is 33.2 Å². The SMILES string of the molecule is CNCCNS(=O)(=O)c1ccc(Cl)c(Cl)c1. The molecule has 1 aromatic carbocycles. The maximum atomic E-state index is 11.7. The average Bonchev–Trinajstić information content (AvgIpc) is 2.22. The molecule has 7 heteroatoms. The van der Waals surface area contributed by atoms with Crippen LogP contribution in [-0.4, -0.2) is 28.6 Å². The van der Waals surface area contributed by atoms with Crippen LogP contribution >= 0.6 is 23.2 Å². The monoisotopic (exact) mass is 282 g/mol. The van der Waals surface area contributed by atoms with E-state index in [1.54, 1.807) is 7.05 Å². The first-order valence-electron chi connectivity index (χ1n) is 4.56. The highest BCUT2D eigenvalue weighted by Gasteiger charge is 2.14. The average molecular weight is 283 g/mol.